The molecule has 0 aromatic rings. The Morgan fingerprint density at radius 1 is 0.446 bits per heavy atom. The second-order valence-electron chi connectivity index (χ2n) is 15.8. The summed E-state index contributed by atoms with van der Waals surface area (Å²) in [6, 6.07) is 0. The van der Waals surface area contributed by atoms with E-state index in [1.54, 1.807) is 0 Å². The van der Waals surface area contributed by atoms with Gasteiger partial charge >= 0.3 is 7.82 Å². The second kappa shape index (κ2) is 43.5. The highest BCUT2D eigenvalue weighted by Crippen LogP contribution is 2.47. The Hall–Kier alpha value is -1.03. The van der Waals surface area contributed by atoms with Gasteiger partial charge in [-0.15, -0.1) is 0 Å². The Morgan fingerprint density at radius 2 is 0.750 bits per heavy atom. The molecule has 2 amide bonds. The van der Waals surface area contributed by atoms with Crippen molar-refractivity contribution < 1.29 is 37.2 Å². The molecule has 0 radical (unpaired) electrons. The number of unbranched alkanes of at least 4 members (excludes halogenated alkanes) is 28. The number of ether oxygens (including phenoxy) is 2. The van der Waals surface area contributed by atoms with Gasteiger partial charge in [0.15, 0.2) is 0 Å². The summed E-state index contributed by atoms with van der Waals surface area (Å²) < 4.78 is 38.1. The molecular weight excluding hydrogens is 727 g/mol. The topological polar surface area (TPSA) is 121 Å². The van der Waals surface area contributed by atoms with Crippen molar-refractivity contribution in [3.8, 4) is 0 Å². The molecule has 0 aliphatic rings. The fraction of sp³-hybridized carbons (Fsp3) is 0.956. The van der Waals surface area contributed by atoms with Gasteiger partial charge in [0.25, 0.3) is 0 Å². The van der Waals surface area contributed by atoms with Gasteiger partial charge in [0.1, 0.15) is 0 Å². The average molecular weight is 819 g/mol. The first-order chi connectivity index (χ1) is 27.4. The summed E-state index contributed by atoms with van der Waals surface area (Å²) in [4.78, 5) is 25.3. The molecule has 11 heteroatoms. The summed E-state index contributed by atoms with van der Waals surface area (Å²) in [5.41, 5.74) is 0. The number of rotatable bonds is 46. The molecule has 0 unspecified atom stereocenters. The highest BCUT2D eigenvalue weighted by Gasteiger charge is 2.22. The van der Waals surface area contributed by atoms with Crippen molar-refractivity contribution in [3.05, 3.63) is 0 Å². The molecule has 0 fully saturated rings. The number of hydrogen-bond acceptors (Lipinski definition) is 8. The number of amides is 2. The van der Waals surface area contributed by atoms with E-state index in [9.17, 15) is 14.2 Å². The van der Waals surface area contributed by atoms with E-state index in [4.69, 9.17) is 23.0 Å². The molecule has 0 aliphatic heterocycles. The molecule has 0 rings (SSSR count). The third kappa shape index (κ3) is 39.8. The lowest BCUT2D eigenvalue weighted by atomic mass is 10.0. The van der Waals surface area contributed by atoms with Gasteiger partial charge in [0.2, 0.25) is 11.8 Å². The minimum Gasteiger partial charge on any atom is -0.377 e. The van der Waals surface area contributed by atoms with Gasteiger partial charge in [-0.25, -0.2) is 4.57 Å². The summed E-state index contributed by atoms with van der Waals surface area (Å²) in [5, 5.41) is 6.02. The second-order valence-corrected chi connectivity index (χ2v) is 17.6. The highest BCUT2D eigenvalue weighted by molar-refractivity contribution is 7.48. The molecule has 0 aromatic carbocycles. The van der Waals surface area contributed by atoms with Gasteiger partial charge in [-0.2, -0.15) is 0 Å². The lowest BCUT2D eigenvalue weighted by Crippen LogP contribution is -2.42. The predicted molar refractivity (Wildman–Crippen MR) is 233 cm³/mol. The molecule has 0 spiro atoms. The molecule has 0 saturated carbocycles. The van der Waals surface area contributed by atoms with Crippen LogP contribution in [0.1, 0.15) is 219 Å². The lowest BCUT2D eigenvalue weighted by molar-refractivity contribution is -0.122. The van der Waals surface area contributed by atoms with E-state index in [0.29, 0.717) is 25.9 Å². The number of carbonyl (C=O) groups excluding carboxylic acids is 2. The first-order valence-corrected chi connectivity index (χ1v) is 25.0. The summed E-state index contributed by atoms with van der Waals surface area (Å²) in [7, 11) is -1.01. The van der Waals surface area contributed by atoms with Crippen LogP contribution in [0.3, 0.4) is 0 Å². The Balaban J connectivity index is 4.19. The third-order valence-electron chi connectivity index (χ3n) is 10.6. The maximum atomic E-state index is 12.6. The maximum Gasteiger partial charge on any atom is 0.474 e. The monoisotopic (exact) mass is 819 g/mol. The van der Waals surface area contributed by atoms with Crippen LogP contribution in [0, 0.1) is 0 Å². The smallest absolute Gasteiger partial charge is 0.377 e. The number of phosphoric ester groups is 1. The van der Waals surface area contributed by atoms with Crippen LogP contribution < -0.4 is 10.6 Å². The molecule has 334 valence electrons. The fourth-order valence-electron chi connectivity index (χ4n) is 6.90. The van der Waals surface area contributed by atoms with Gasteiger partial charge in [-0.3, -0.25) is 23.2 Å². The van der Waals surface area contributed by atoms with Gasteiger partial charge in [-0.1, -0.05) is 194 Å². The number of phosphoric acid groups is 1. The summed E-state index contributed by atoms with van der Waals surface area (Å²) >= 11 is 0. The average Bonchev–Trinajstić information content (AvgIpc) is 3.20. The quantitative estimate of drug-likeness (QED) is 0.0460. The molecule has 0 saturated heterocycles. The third-order valence-corrected chi connectivity index (χ3v) is 12.0. The van der Waals surface area contributed by atoms with Crippen LogP contribution in [0.4, 0.5) is 0 Å². The van der Waals surface area contributed by atoms with Crippen molar-refractivity contribution in [3.63, 3.8) is 0 Å². The lowest BCUT2D eigenvalue weighted by Gasteiger charge is -2.19. The highest BCUT2D eigenvalue weighted by atomic mass is 31.2. The summed E-state index contributed by atoms with van der Waals surface area (Å²) in [5.74, 6) is 0.0399. The zero-order chi connectivity index (χ0) is 41.1. The van der Waals surface area contributed by atoms with Crippen LogP contribution in [0.15, 0.2) is 0 Å². The number of hydrogen-bond donors (Lipinski definition) is 2. The van der Waals surface area contributed by atoms with E-state index in [1.807, 2.05) is 0 Å². The van der Waals surface area contributed by atoms with Crippen molar-refractivity contribution >= 4 is 19.6 Å². The molecule has 56 heavy (non-hydrogen) atoms. The summed E-state index contributed by atoms with van der Waals surface area (Å²) in [6.07, 6.45) is 39.5. The Bertz CT molecular complexity index is 838. The van der Waals surface area contributed by atoms with E-state index >= 15 is 0 Å². The predicted octanol–water partition coefficient (Wildman–Crippen LogP) is 12.6. The molecule has 0 atom stereocenters. The minimum absolute atomic E-state index is 0.0199. The van der Waals surface area contributed by atoms with Crippen molar-refractivity contribution in [1.82, 2.24) is 10.6 Å². The van der Waals surface area contributed by atoms with Gasteiger partial charge < -0.3 is 20.1 Å². The molecule has 0 aromatic heterocycles. The number of carbonyl (C=O) groups is 2. The maximum absolute atomic E-state index is 12.6. The van der Waals surface area contributed by atoms with Crippen LogP contribution in [-0.4, -0.2) is 71.7 Å². The van der Waals surface area contributed by atoms with Gasteiger partial charge in [-0.05, 0) is 12.8 Å². The van der Waals surface area contributed by atoms with Gasteiger partial charge in [0.05, 0.1) is 32.5 Å². The Morgan fingerprint density at radius 3 is 1.07 bits per heavy atom. The standard InChI is InChI=1S/C45H91N2O8P/c1-5-7-9-11-13-15-17-19-21-23-25-27-29-31-33-35-44(48)46-41-43(54-39-37-53-38-40-55-56(50,51-3)52-4)42-47-45(49)36-34-32-30-28-26-24-22-20-18-16-14-12-10-8-6-2/h43H,5-42H2,1-4H3,(H,46,48)(H,47,49). The van der Waals surface area contributed by atoms with Crippen LogP contribution in [0.25, 0.3) is 0 Å². The Labute approximate surface area is 345 Å². The number of nitrogens with one attached hydrogen (secondary N) is 2. The molecule has 10 nitrogen and oxygen atoms in total. The van der Waals surface area contributed by atoms with E-state index < -0.39 is 7.82 Å². The first-order valence-electron chi connectivity index (χ1n) is 23.5. The fourth-order valence-corrected chi connectivity index (χ4v) is 7.56. The molecular formula is C45H91N2O8P. The minimum atomic E-state index is -3.53. The molecule has 2 N–H and O–H groups in total. The van der Waals surface area contributed by atoms with Crippen molar-refractivity contribution in [2.24, 2.45) is 0 Å². The van der Waals surface area contributed by atoms with E-state index in [2.05, 4.69) is 24.5 Å². The van der Waals surface area contributed by atoms with Crippen LogP contribution in [-0.2, 0) is 37.2 Å². The van der Waals surface area contributed by atoms with E-state index in [0.717, 1.165) is 25.7 Å². The van der Waals surface area contributed by atoms with E-state index in [-0.39, 0.29) is 44.3 Å². The van der Waals surface area contributed by atoms with Crippen LogP contribution in [0.2, 0.25) is 0 Å². The molecule has 0 heterocycles. The molecule has 0 bridgehead atoms. The SMILES string of the molecule is CCCCCCCCCCCCCCCCCC(=O)NCC(CNC(=O)CCCCCCCCCCCCCCCCC)OCCOCCOP(=O)(OC)OC. The molecule has 0 aliphatic carbocycles. The zero-order valence-corrected chi connectivity index (χ0v) is 38.1. The Kier molecular flexibility index (Phi) is 42.7. The van der Waals surface area contributed by atoms with Crippen molar-refractivity contribution in [2.45, 2.75) is 225 Å². The largest absolute Gasteiger partial charge is 0.474 e. The zero-order valence-electron chi connectivity index (χ0n) is 37.2. The van der Waals surface area contributed by atoms with E-state index in [1.165, 1.54) is 181 Å². The van der Waals surface area contributed by atoms with Crippen LogP contribution in [0.5, 0.6) is 0 Å². The van der Waals surface area contributed by atoms with Crippen molar-refractivity contribution in [2.75, 3.05) is 53.7 Å². The van der Waals surface area contributed by atoms with Crippen LogP contribution >= 0.6 is 7.82 Å². The van der Waals surface area contributed by atoms with Gasteiger partial charge in [0, 0.05) is 40.2 Å². The first kappa shape index (κ1) is 55.0. The summed E-state index contributed by atoms with van der Waals surface area (Å²) in [6.45, 7) is 5.99. The van der Waals surface area contributed by atoms with Crippen molar-refractivity contribution in [1.29, 1.82) is 0 Å². The normalized spacial score (nSPS) is 11.8.